The Morgan fingerprint density at radius 3 is 2.65 bits per heavy atom. The van der Waals surface area contributed by atoms with E-state index in [1.807, 2.05) is 0 Å². The minimum Gasteiger partial charge on any atom is -0.469 e. The molecule has 0 radical (unpaired) electrons. The Bertz CT molecular complexity index is 397. The zero-order valence-electron chi connectivity index (χ0n) is 9.94. The van der Waals surface area contributed by atoms with Gasteiger partial charge in [0.2, 0.25) is 0 Å². The second-order valence-electron chi connectivity index (χ2n) is 4.07. The van der Waals surface area contributed by atoms with Crippen molar-refractivity contribution in [2.24, 2.45) is 11.1 Å². The predicted octanol–water partition coefficient (Wildman–Crippen LogP) is 2.36. The molecule has 96 valence electrons. The number of esters is 1. The zero-order valence-corrected chi connectivity index (χ0v) is 11.5. The summed E-state index contributed by atoms with van der Waals surface area (Å²) in [7, 11) is 1.33. The lowest BCUT2D eigenvalue weighted by Crippen LogP contribution is -2.37. The summed E-state index contributed by atoms with van der Waals surface area (Å²) in [5.74, 6) is -0.375. The molecule has 0 spiro atoms. The number of aromatic nitrogens is 1. The Hall–Kier alpha value is -0.840. The molecule has 0 saturated heterocycles. The van der Waals surface area contributed by atoms with Crippen molar-refractivity contribution in [3.05, 3.63) is 29.0 Å². The van der Waals surface area contributed by atoms with E-state index < -0.39 is 11.5 Å². The van der Waals surface area contributed by atoms with Gasteiger partial charge in [-0.25, -0.2) is 4.98 Å². The molecule has 1 aromatic rings. The lowest BCUT2D eigenvalue weighted by molar-refractivity contribution is -0.152. The second-order valence-corrected chi connectivity index (χ2v) is 4.43. The van der Waals surface area contributed by atoms with Gasteiger partial charge in [0.05, 0.1) is 12.5 Å². The lowest BCUT2D eigenvalue weighted by Gasteiger charge is -2.29. The molecule has 0 unspecified atom stereocenters. The highest BCUT2D eigenvalue weighted by Gasteiger charge is 2.37. The van der Waals surface area contributed by atoms with E-state index in [1.54, 1.807) is 32.2 Å². The number of halogens is 2. The van der Waals surface area contributed by atoms with Crippen LogP contribution in [0.5, 0.6) is 0 Å². The number of nitrogens with zero attached hydrogens (tertiary/aromatic N) is 1. The monoisotopic (exact) mass is 278 g/mol. The van der Waals surface area contributed by atoms with Gasteiger partial charge in [-0.15, -0.1) is 12.4 Å². The fourth-order valence-corrected chi connectivity index (χ4v) is 1.65. The summed E-state index contributed by atoms with van der Waals surface area (Å²) in [6.45, 7) is 3.43. The van der Waals surface area contributed by atoms with Gasteiger partial charge in [0.25, 0.3) is 0 Å². The zero-order chi connectivity index (χ0) is 12.3. The van der Waals surface area contributed by atoms with Gasteiger partial charge in [0.15, 0.2) is 0 Å². The van der Waals surface area contributed by atoms with Crippen molar-refractivity contribution < 1.29 is 9.53 Å². The minimum absolute atomic E-state index is 0. The van der Waals surface area contributed by atoms with E-state index in [1.165, 1.54) is 7.11 Å². The first-order valence-electron chi connectivity index (χ1n) is 4.85. The van der Waals surface area contributed by atoms with E-state index in [9.17, 15) is 4.79 Å². The molecule has 0 bridgehead atoms. The second kappa shape index (κ2) is 6.19. The Kier molecular flexibility index (Phi) is 5.88. The highest BCUT2D eigenvalue weighted by Crippen LogP contribution is 2.34. The van der Waals surface area contributed by atoms with Crippen LogP contribution in [0.1, 0.15) is 25.5 Å². The van der Waals surface area contributed by atoms with Crippen molar-refractivity contribution in [3.63, 3.8) is 0 Å². The number of carbonyl (C=O) groups excluding carboxylic acids is 1. The number of methoxy groups -OCH3 is 1. The Morgan fingerprint density at radius 1 is 1.59 bits per heavy atom. The fourth-order valence-electron chi connectivity index (χ4n) is 1.41. The van der Waals surface area contributed by atoms with E-state index in [2.05, 4.69) is 4.98 Å². The minimum atomic E-state index is -0.846. The van der Waals surface area contributed by atoms with E-state index in [-0.39, 0.29) is 18.4 Å². The summed E-state index contributed by atoms with van der Waals surface area (Å²) in [4.78, 5) is 15.5. The highest BCUT2D eigenvalue weighted by atomic mass is 35.5. The van der Waals surface area contributed by atoms with Crippen molar-refractivity contribution >= 4 is 30.0 Å². The maximum atomic E-state index is 11.6. The van der Waals surface area contributed by atoms with E-state index in [0.717, 1.165) is 0 Å². The van der Waals surface area contributed by atoms with Gasteiger partial charge < -0.3 is 10.5 Å². The molecule has 2 N–H and O–H groups in total. The van der Waals surface area contributed by atoms with Crippen LogP contribution in [0.3, 0.4) is 0 Å². The predicted molar refractivity (Wildman–Crippen MR) is 69.2 cm³/mol. The summed E-state index contributed by atoms with van der Waals surface area (Å²) in [5.41, 5.74) is 5.82. The maximum absolute atomic E-state index is 11.6. The normalized spacial score (nSPS) is 12.5. The number of pyridine rings is 1. The molecule has 0 saturated carbocycles. The molecule has 4 nitrogen and oxygen atoms in total. The van der Waals surface area contributed by atoms with Crippen LogP contribution in [0.25, 0.3) is 0 Å². The molecule has 1 heterocycles. The quantitative estimate of drug-likeness (QED) is 0.681. The van der Waals surface area contributed by atoms with Crippen LogP contribution >= 0.6 is 24.0 Å². The molecule has 1 atom stereocenters. The number of hydrogen-bond acceptors (Lipinski definition) is 4. The lowest BCUT2D eigenvalue weighted by atomic mass is 9.81. The fraction of sp³-hybridized carbons (Fsp3) is 0.455. The molecule has 0 aliphatic carbocycles. The standard InChI is InChI=1S/C11H15ClN2O2.ClH/c1-11(2,10(15)16-3)8(13)7-5-4-6-14-9(7)12;/h4-6,8H,13H2,1-3H3;1H/t8-;/m1./s1. The van der Waals surface area contributed by atoms with Crippen LogP contribution in [-0.4, -0.2) is 18.1 Å². The molecule has 0 amide bonds. The molecular weight excluding hydrogens is 263 g/mol. The van der Waals surface area contributed by atoms with E-state index in [0.29, 0.717) is 10.7 Å². The van der Waals surface area contributed by atoms with Gasteiger partial charge in [-0.1, -0.05) is 17.7 Å². The third-order valence-electron chi connectivity index (χ3n) is 2.61. The number of carbonyl (C=O) groups is 1. The number of nitrogens with two attached hydrogens (primary N) is 1. The first kappa shape index (κ1) is 16.2. The van der Waals surface area contributed by atoms with Crippen LogP contribution in [-0.2, 0) is 9.53 Å². The van der Waals surface area contributed by atoms with Crippen molar-refractivity contribution in [1.29, 1.82) is 0 Å². The molecule has 0 aromatic carbocycles. The van der Waals surface area contributed by atoms with Gasteiger partial charge in [-0.2, -0.15) is 0 Å². The van der Waals surface area contributed by atoms with Gasteiger partial charge in [0.1, 0.15) is 5.15 Å². The maximum Gasteiger partial charge on any atom is 0.313 e. The summed E-state index contributed by atoms with van der Waals surface area (Å²) < 4.78 is 4.72. The van der Waals surface area contributed by atoms with Crippen LogP contribution in [0.4, 0.5) is 0 Å². The highest BCUT2D eigenvalue weighted by molar-refractivity contribution is 6.30. The number of hydrogen-bond donors (Lipinski definition) is 1. The van der Waals surface area contributed by atoms with Gasteiger partial charge in [-0.3, -0.25) is 4.79 Å². The number of ether oxygens (including phenoxy) is 1. The summed E-state index contributed by atoms with van der Waals surface area (Å²) in [6.07, 6.45) is 1.57. The summed E-state index contributed by atoms with van der Waals surface area (Å²) in [5, 5.41) is 0.312. The molecule has 6 heteroatoms. The molecule has 17 heavy (non-hydrogen) atoms. The molecule has 1 aromatic heterocycles. The van der Waals surface area contributed by atoms with Crippen LogP contribution in [0, 0.1) is 5.41 Å². The van der Waals surface area contributed by atoms with Gasteiger partial charge in [0, 0.05) is 17.8 Å². The van der Waals surface area contributed by atoms with Crippen molar-refractivity contribution in [2.45, 2.75) is 19.9 Å². The summed E-state index contributed by atoms with van der Waals surface area (Å²) in [6, 6.07) is 2.93. The molecule has 1 rings (SSSR count). The third-order valence-corrected chi connectivity index (χ3v) is 2.93. The summed E-state index contributed by atoms with van der Waals surface area (Å²) >= 11 is 5.93. The molecule has 0 aliphatic heterocycles. The SMILES string of the molecule is COC(=O)C(C)(C)[C@H](N)c1cccnc1Cl.Cl. The van der Waals surface area contributed by atoms with Crippen LogP contribution in [0.15, 0.2) is 18.3 Å². The van der Waals surface area contributed by atoms with Crippen molar-refractivity contribution in [1.82, 2.24) is 4.98 Å². The smallest absolute Gasteiger partial charge is 0.313 e. The Labute approximate surface area is 112 Å². The largest absolute Gasteiger partial charge is 0.469 e. The molecule has 0 fully saturated rings. The molecular formula is C11H16Cl2N2O2. The Balaban J connectivity index is 0.00000256. The van der Waals surface area contributed by atoms with E-state index in [4.69, 9.17) is 22.1 Å². The third kappa shape index (κ3) is 3.31. The van der Waals surface area contributed by atoms with E-state index >= 15 is 0 Å². The average molecular weight is 279 g/mol. The Morgan fingerprint density at radius 2 is 2.18 bits per heavy atom. The van der Waals surface area contributed by atoms with Crippen LogP contribution < -0.4 is 5.73 Å². The average Bonchev–Trinajstić information content (AvgIpc) is 2.27. The topological polar surface area (TPSA) is 65.2 Å². The van der Waals surface area contributed by atoms with Crippen LogP contribution in [0.2, 0.25) is 5.15 Å². The van der Waals surface area contributed by atoms with Crippen molar-refractivity contribution in [3.8, 4) is 0 Å². The van der Waals surface area contributed by atoms with Gasteiger partial charge >= 0.3 is 5.97 Å². The first-order chi connectivity index (χ1) is 7.41. The first-order valence-corrected chi connectivity index (χ1v) is 5.23. The van der Waals surface area contributed by atoms with Crippen molar-refractivity contribution in [2.75, 3.05) is 7.11 Å². The van der Waals surface area contributed by atoms with Gasteiger partial charge in [-0.05, 0) is 19.9 Å². The molecule has 0 aliphatic rings. The number of rotatable bonds is 3.